The van der Waals surface area contributed by atoms with Crippen molar-refractivity contribution >= 4 is 39.1 Å². The van der Waals surface area contributed by atoms with Crippen LogP contribution in [0.25, 0.3) is 11.0 Å². The Morgan fingerprint density at radius 3 is 2.59 bits per heavy atom. The molecule has 7 heteroatoms. The summed E-state index contributed by atoms with van der Waals surface area (Å²) in [6.45, 7) is 1.78. The number of thiazole rings is 1. The number of carbonyl (C=O) groups is 1. The molecule has 0 unspecified atom stereocenters. The van der Waals surface area contributed by atoms with Crippen molar-refractivity contribution in [2.24, 2.45) is 0 Å². The average molecular weight is 376 g/mol. The van der Waals surface area contributed by atoms with Crippen LogP contribution < -0.4 is 10.5 Å². The largest absolute Gasteiger partial charge is 0.296 e. The molecule has 2 aromatic carbocycles. The van der Waals surface area contributed by atoms with Gasteiger partial charge in [-0.2, -0.15) is 0 Å². The number of benzene rings is 2. The van der Waals surface area contributed by atoms with E-state index >= 15 is 0 Å². The molecule has 0 aliphatic heterocycles. The topological polar surface area (TPSA) is 68.1 Å². The third kappa shape index (κ3) is 3.37. The van der Waals surface area contributed by atoms with Crippen molar-refractivity contribution in [3.63, 3.8) is 0 Å². The fourth-order valence-corrected chi connectivity index (χ4v) is 3.70. The van der Waals surface area contributed by atoms with E-state index in [0.717, 1.165) is 5.69 Å². The molecule has 2 heterocycles. The highest BCUT2D eigenvalue weighted by Crippen LogP contribution is 2.29. The zero-order valence-electron chi connectivity index (χ0n) is 14.6. The SMILES string of the molecule is Cc1csc(N(C(=O)Cn2c(=O)cnc3ccccc32)c2ccccc2)n1. The Hall–Kier alpha value is -3.32. The maximum absolute atomic E-state index is 13.2. The second-order valence-corrected chi connectivity index (χ2v) is 6.84. The average Bonchev–Trinajstić information content (AvgIpc) is 3.11. The van der Waals surface area contributed by atoms with Crippen LogP contribution in [0.2, 0.25) is 0 Å². The zero-order valence-corrected chi connectivity index (χ0v) is 15.4. The molecule has 0 fully saturated rings. The van der Waals surface area contributed by atoms with Gasteiger partial charge in [0.25, 0.3) is 11.5 Å². The van der Waals surface area contributed by atoms with Gasteiger partial charge < -0.3 is 0 Å². The third-order valence-corrected chi connectivity index (χ3v) is 5.05. The first-order valence-electron chi connectivity index (χ1n) is 8.38. The van der Waals surface area contributed by atoms with E-state index < -0.39 is 0 Å². The maximum atomic E-state index is 13.2. The zero-order chi connectivity index (χ0) is 18.8. The maximum Gasteiger partial charge on any atom is 0.269 e. The first-order valence-corrected chi connectivity index (χ1v) is 9.26. The highest BCUT2D eigenvalue weighted by Gasteiger charge is 2.22. The molecule has 27 heavy (non-hydrogen) atoms. The molecule has 0 atom stereocenters. The van der Waals surface area contributed by atoms with Gasteiger partial charge >= 0.3 is 0 Å². The number of nitrogens with zero attached hydrogens (tertiary/aromatic N) is 4. The lowest BCUT2D eigenvalue weighted by atomic mass is 10.2. The summed E-state index contributed by atoms with van der Waals surface area (Å²) in [6, 6.07) is 16.6. The van der Waals surface area contributed by atoms with Crippen molar-refractivity contribution < 1.29 is 4.79 Å². The molecule has 4 aromatic rings. The summed E-state index contributed by atoms with van der Waals surface area (Å²) in [5.74, 6) is -0.242. The van der Waals surface area contributed by atoms with Crippen LogP contribution in [0.3, 0.4) is 0 Å². The Morgan fingerprint density at radius 1 is 1.11 bits per heavy atom. The minimum atomic E-state index is -0.314. The number of hydrogen-bond acceptors (Lipinski definition) is 5. The first-order chi connectivity index (χ1) is 13.1. The van der Waals surface area contributed by atoms with Gasteiger partial charge in [-0.1, -0.05) is 30.3 Å². The summed E-state index contributed by atoms with van der Waals surface area (Å²) < 4.78 is 1.45. The molecule has 0 N–H and O–H groups in total. The van der Waals surface area contributed by atoms with E-state index in [2.05, 4.69) is 9.97 Å². The summed E-state index contributed by atoms with van der Waals surface area (Å²) in [5, 5.41) is 2.47. The Kier molecular flexibility index (Phi) is 4.52. The summed E-state index contributed by atoms with van der Waals surface area (Å²) in [6.07, 6.45) is 1.25. The molecule has 2 aromatic heterocycles. The third-order valence-electron chi connectivity index (χ3n) is 4.11. The number of para-hydroxylation sites is 3. The van der Waals surface area contributed by atoms with Crippen molar-refractivity contribution in [1.82, 2.24) is 14.5 Å². The first kappa shape index (κ1) is 17.1. The van der Waals surface area contributed by atoms with E-state index in [0.29, 0.717) is 21.9 Å². The smallest absolute Gasteiger partial charge is 0.269 e. The van der Waals surface area contributed by atoms with Gasteiger partial charge in [0.1, 0.15) is 6.54 Å². The second kappa shape index (κ2) is 7.13. The van der Waals surface area contributed by atoms with E-state index in [1.165, 1.54) is 22.1 Å². The highest BCUT2D eigenvalue weighted by molar-refractivity contribution is 7.14. The lowest BCUT2D eigenvalue weighted by Gasteiger charge is -2.21. The number of fused-ring (bicyclic) bond motifs is 1. The molecule has 4 rings (SSSR count). The van der Waals surface area contributed by atoms with Gasteiger partial charge in [-0.05, 0) is 31.2 Å². The van der Waals surface area contributed by atoms with Gasteiger partial charge in [-0.15, -0.1) is 11.3 Å². The van der Waals surface area contributed by atoms with Crippen molar-refractivity contribution in [3.8, 4) is 0 Å². The predicted molar refractivity (Wildman–Crippen MR) is 106 cm³/mol. The second-order valence-electron chi connectivity index (χ2n) is 6.01. The van der Waals surface area contributed by atoms with E-state index in [1.54, 1.807) is 11.0 Å². The van der Waals surface area contributed by atoms with Crippen LogP contribution in [-0.2, 0) is 11.3 Å². The number of anilines is 2. The van der Waals surface area contributed by atoms with Crippen molar-refractivity contribution in [2.45, 2.75) is 13.5 Å². The van der Waals surface area contributed by atoms with Gasteiger partial charge in [0, 0.05) is 5.38 Å². The molecule has 0 spiro atoms. The number of aromatic nitrogens is 3. The fraction of sp³-hybridized carbons (Fsp3) is 0.100. The van der Waals surface area contributed by atoms with E-state index in [-0.39, 0.29) is 18.0 Å². The van der Waals surface area contributed by atoms with E-state index in [4.69, 9.17) is 0 Å². The van der Waals surface area contributed by atoms with Crippen molar-refractivity contribution in [3.05, 3.63) is 82.2 Å². The van der Waals surface area contributed by atoms with Gasteiger partial charge in [-0.3, -0.25) is 19.1 Å². The summed E-state index contributed by atoms with van der Waals surface area (Å²) in [7, 11) is 0. The van der Waals surface area contributed by atoms with Crippen LogP contribution in [0.4, 0.5) is 10.8 Å². The number of carbonyl (C=O) groups excluding carboxylic acids is 1. The van der Waals surface area contributed by atoms with Crippen LogP contribution in [0.15, 0.2) is 71.0 Å². The summed E-state index contributed by atoms with van der Waals surface area (Å²) in [4.78, 5) is 35.8. The van der Waals surface area contributed by atoms with Gasteiger partial charge in [-0.25, -0.2) is 9.97 Å². The van der Waals surface area contributed by atoms with Gasteiger partial charge in [0.15, 0.2) is 5.13 Å². The molecule has 6 nitrogen and oxygen atoms in total. The minimum Gasteiger partial charge on any atom is -0.296 e. The number of amides is 1. The van der Waals surface area contributed by atoms with Crippen molar-refractivity contribution in [1.29, 1.82) is 0 Å². The quantitative estimate of drug-likeness (QED) is 0.546. The Labute approximate surface area is 159 Å². The van der Waals surface area contributed by atoms with Gasteiger partial charge in [0.2, 0.25) is 0 Å². The normalized spacial score (nSPS) is 10.9. The predicted octanol–water partition coefficient (Wildman–Crippen LogP) is 3.53. The molecule has 0 radical (unpaired) electrons. The van der Waals surface area contributed by atoms with Crippen LogP contribution in [0, 0.1) is 6.92 Å². The molecule has 0 bridgehead atoms. The lowest BCUT2D eigenvalue weighted by molar-refractivity contribution is -0.118. The molecule has 1 amide bonds. The monoisotopic (exact) mass is 376 g/mol. The molecular weight excluding hydrogens is 360 g/mol. The van der Waals surface area contributed by atoms with Gasteiger partial charge in [0.05, 0.1) is 28.6 Å². The summed E-state index contributed by atoms with van der Waals surface area (Å²) >= 11 is 1.39. The van der Waals surface area contributed by atoms with E-state index in [9.17, 15) is 9.59 Å². The van der Waals surface area contributed by atoms with Crippen LogP contribution in [0.5, 0.6) is 0 Å². The number of rotatable bonds is 4. The Balaban J connectivity index is 1.78. The summed E-state index contributed by atoms with van der Waals surface area (Å²) in [5.41, 5.74) is 2.53. The minimum absolute atomic E-state index is 0.102. The number of hydrogen-bond donors (Lipinski definition) is 0. The van der Waals surface area contributed by atoms with Crippen molar-refractivity contribution in [2.75, 3.05) is 4.90 Å². The standard InChI is InChI=1S/C20H16N4O2S/c1-14-13-27-20(22-14)24(15-7-3-2-4-8-15)19(26)12-23-17-10-6-5-9-16(17)21-11-18(23)25/h2-11,13H,12H2,1H3. The molecule has 0 aliphatic rings. The Morgan fingerprint density at radius 2 is 1.85 bits per heavy atom. The van der Waals surface area contributed by atoms with Crippen LogP contribution >= 0.6 is 11.3 Å². The molecule has 0 saturated heterocycles. The van der Waals surface area contributed by atoms with Crippen LogP contribution in [-0.4, -0.2) is 20.4 Å². The number of aryl methyl sites for hydroxylation is 1. The van der Waals surface area contributed by atoms with E-state index in [1.807, 2.05) is 60.8 Å². The lowest BCUT2D eigenvalue weighted by Crippen LogP contribution is -2.33. The molecule has 0 saturated carbocycles. The Bertz CT molecular complexity index is 1170. The highest BCUT2D eigenvalue weighted by atomic mass is 32.1. The fourth-order valence-electron chi connectivity index (χ4n) is 2.87. The van der Waals surface area contributed by atoms with Crippen LogP contribution in [0.1, 0.15) is 5.69 Å². The molecule has 134 valence electrons. The molecule has 0 aliphatic carbocycles. The molecular formula is C20H16N4O2S.